The molecule has 0 saturated heterocycles. The van der Waals surface area contributed by atoms with Crippen LogP contribution in [0, 0.1) is 23.3 Å². The first-order valence-corrected chi connectivity index (χ1v) is 3.00. The van der Waals surface area contributed by atoms with E-state index in [0.29, 0.717) is 0 Å². The van der Waals surface area contributed by atoms with Crippen LogP contribution in [0.2, 0.25) is 0 Å². The summed E-state index contributed by atoms with van der Waals surface area (Å²) in [4.78, 5) is -0.816. The number of hydrogen-bond donors (Lipinski definition) is 1. The van der Waals surface area contributed by atoms with Gasteiger partial charge in [-0.25, -0.2) is 17.6 Å². The monoisotopic (exact) mass is 246 g/mol. The summed E-state index contributed by atoms with van der Waals surface area (Å²) in [7, 11) is 0. The topological polar surface area (TPSA) is 0 Å². The Kier molecular flexibility index (Phi) is 4.20. The molecular formula is C6H2F4SZn+2. The van der Waals surface area contributed by atoms with Gasteiger partial charge in [-0.3, -0.25) is 0 Å². The molecule has 0 heterocycles. The average molecular weight is 248 g/mol. The second-order valence-electron chi connectivity index (χ2n) is 1.82. The van der Waals surface area contributed by atoms with E-state index in [1.807, 2.05) is 0 Å². The Morgan fingerprint density at radius 1 is 0.917 bits per heavy atom. The molecule has 1 aromatic carbocycles. The second kappa shape index (κ2) is 4.24. The fourth-order valence-electron chi connectivity index (χ4n) is 0.557. The normalized spacial score (nSPS) is 9.42. The first kappa shape index (κ1) is 11.9. The summed E-state index contributed by atoms with van der Waals surface area (Å²) in [5.41, 5.74) is 0. The van der Waals surface area contributed by atoms with E-state index in [9.17, 15) is 17.6 Å². The van der Waals surface area contributed by atoms with Crippen molar-refractivity contribution in [3.63, 3.8) is 0 Å². The van der Waals surface area contributed by atoms with Gasteiger partial charge in [0.1, 0.15) is 5.82 Å². The maximum Gasteiger partial charge on any atom is 2.00 e. The molecule has 0 atom stereocenters. The van der Waals surface area contributed by atoms with Gasteiger partial charge >= 0.3 is 19.5 Å². The standard InChI is InChI=1S/C6H2F4S.Zn/c7-2-1-3(8)6(11)5(10)4(2)9;/h1,11H;/q;+2. The Morgan fingerprint density at radius 2 is 1.42 bits per heavy atom. The average Bonchev–Trinajstić information content (AvgIpc) is 1.97. The zero-order valence-electron chi connectivity index (χ0n) is 5.74. The van der Waals surface area contributed by atoms with Crippen molar-refractivity contribution in [2.24, 2.45) is 0 Å². The number of rotatable bonds is 0. The molecule has 0 aliphatic heterocycles. The maximum atomic E-state index is 12.3. The summed E-state index contributed by atoms with van der Waals surface area (Å²) in [6.07, 6.45) is 0. The molecule has 6 heteroatoms. The van der Waals surface area contributed by atoms with Crippen molar-refractivity contribution in [1.82, 2.24) is 0 Å². The van der Waals surface area contributed by atoms with Crippen LogP contribution in [0.25, 0.3) is 0 Å². The van der Waals surface area contributed by atoms with E-state index in [1.54, 1.807) is 0 Å². The van der Waals surface area contributed by atoms with E-state index < -0.39 is 28.2 Å². The number of halogens is 4. The van der Waals surface area contributed by atoms with Gasteiger partial charge in [-0.2, -0.15) is 0 Å². The Morgan fingerprint density at radius 3 is 1.92 bits per heavy atom. The van der Waals surface area contributed by atoms with Gasteiger partial charge in [0.25, 0.3) is 0 Å². The van der Waals surface area contributed by atoms with Crippen LogP contribution in [-0.2, 0) is 19.5 Å². The van der Waals surface area contributed by atoms with Crippen LogP contribution in [0.5, 0.6) is 0 Å². The van der Waals surface area contributed by atoms with E-state index in [4.69, 9.17) is 0 Å². The minimum absolute atomic E-state index is 0. The molecule has 0 saturated carbocycles. The largest absolute Gasteiger partial charge is 2.00 e. The minimum Gasteiger partial charge on any atom is -0.206 e. The molecule has 12 heavy (non-hydrogen) atoms. The van der Waals surface area contributed by atoms with Crippen LogP contribution in [-0.4, -0.2) is 0 Å². The molecule has 0 spiro atoms. The van der Waals surface area contributed by atoms with Crippen LogP contribution in [0.15, 0.2) is 11.0 Å². The fourth-order valence-corrected chi connectivity index (χ4v) is 0.719. The minimum atomic E-state index is -1.71. The Hall–Kier alpha value is -0.0866. The fraction of sp³-hybridized carbons (Fsp3) is 0. The molecule has 0 aromatic heterocycles. The van der Waals surface area contributed by atoms with Crippen molar-refractivity contribution in [1.29, 1.82) is 0 Å². The Bertz CT molecular complexity index is 276. The van der Waals surface area contributed by atoms with Crippen molar-refractivity contribution >= 4 is 12.6 Å². The predicted molar refractivity (Wildman–Crippen MR) is 33.5 cm³/mol. The molecule has 0 aliphatic rings. The van der Waals surface area contributed by atoms with Gasteiger partial charge in [0.2, 0.25) is 0 Å². The SMILES string of the molecule is Fc1cc(F)c(S)c(F)c1F.[Zn+2]. The molecular weight excluding hydrogens is 246 g/mol. The molecule has 0 amide bonds. The van der Waals surface area contributed by atoms with Crippen LogP contribution in [0.4, 0.5) is 17.6 Å². The zero-order chi connectivity index (χ0) is 8.59. The molecule has 0 N–H and O–H groups in total. The van der Waals surface area contributed by atoms with Gasteiger partial charge in [-0.05, 0) is 0 Å². The van der Waals surface area contributed by atoms with Gasteiger partial charge < -0.3 is 0 Å². The molecule has 0 unspecified atom stereocenters. The summed E-state index contributed by atoms with van der Waals surface area (Å²) < 4.78 is 49.0. The van der Waals surface area contributed by atoms with E-state index in [-0.39, 0.29) is 25.5 Å². The predicted octanol–water partition coefficient (Wildman–Crippen LogP) is 2.53. The third kappa shape index (κ3) is 1.99. The van der Waals surface area contributed by atoms with E-state index in [2.05, 4.69) is 12.6 Å². The van der Waals surface area contributed by atoms with Crippen LogP contribution in [0.3, 0.4) is 0 Å². The van der Waals surface area contributed by atoms with Crippen LogP contribution >= 0.6 is 12.6 Å². The van der Waals surface area contributed by atoms with Crippen molar-refractivity contribution < 1.29 is 37.0 Å². The third-order valence-electron chi connectivity index (χ3n) is 1.09. The van der Waals surface area contributed by atoms with Crippen molar-refractivity contribution in [3.8, 4) is 0 Å². The first-order chi connectivity index (χ1) is 5.04. The summed E-state index contributed by atoms with van der Waals surface area (Å²) in [6.45, 7) is 0. The molecule has 0 nitrogen and oxygen atoms in total. The number of thiol groups is 1. The van der Waals surface area contributed by atoms with Crippen LogP contribution in [0.1, 0.15) is 0 Å². The summed E-state index contributed by atoms with van der Waals surface area (Å²) in [5.74, 6) is -6.09. The molecule has 0 aliphatic carbocycles. The van der Waals surface area contributed by atoms with Crippen molar-refractivity contribution in [2.45, 2.75) is 4.90 Å². The van der Waals surface area contributed by atoms with Gasteiger partial charge in [0, 0.05) is 6.07 Å². The Labute approximate surface area is 84.1 Å². The molecule has 1 aromatic rings. The molecule has 60 valence electrons. The molecule has 1 rings (SSSR count). The van der Waals surface area contributed by atoms with Gasteiger partial charge in [-0.15, -0.1) is 12.6 Å². The molecule has 0 radical (unpaired) electrons. The quantitative estimate of drug-likeness (QED) is 0.235. The third-order valence-corrected chi connectivity index (χ3v) is 1.50. The summed E-state index contributed by atoms with van der Waals surface area (Å²) in [6, 6.07) is 0.237. The number of hydrogen-bond acceptors (Lipinski definition) is 1. The van der Waals surface area contributed by atoms with Crippen LogP contribution < -0.4 is 0 Å². The zero-order valence-corrected chi connectivity index (χ0v) is 9.61. The number of benzene rings is 1. The molecule has 0 fully saturated rings. The Balaban J connectivity index is 0.00000121. The van der Waals surface area contributed by atoms with Gasteiger partial charge in [0.15, 0.2) is 17.5 Å². The second-order valence-corrected chi connectivity index (χ2v) is 2.26. The van der Waals surface area contributed by atoms with Crippen molar-refractivity contribution in [2.75, 3.05) is 0 Å². The van der Waals surface area contributed by atoms with E-state index in [0.717, 1.165) is 0 Å². The van der Waals surface area contributed by atoms with Crippen molar-refractivity contribution in [3.05, 3.63) is 29.3 Å². The maximum absolute atomic E-state index is 12.3. The van der Waals surface area contributed by atoms with Gasteiger partial charge in [-0.1, -0.05) is 0 Å². The smallest absolute Gasteiger partial charge is 0.206 e. The van der Waals surface area contributed by atoms with E-state index in [1.165, 1.54) is 0 Å². The molecule has 0 bridgehead atoms. The van der Waals surface area contributed by atoms with E-state index >= 15 is 0 Å². The van der Waals surface area contributed by atoms with Gasteiger partial charge in [0.05, 0.1) is 4.90 Å². The summed E-state index contributed by atoms with van der Waals surface area (Å²) >= 11 is 3.27. The first-order valence-electron chi connectivity index (χ1n) is 2.56. The summed E-state index contributed by atoms with van der Waals surface area (Å²) in [5, 5.41) is 0.